The number of rotatable bonds is 8. The van der Waals surface area contributed by atoms with Gasteiger partial charge in [-0.05, 0) is 56.6 Å². The second-order valence-corrected chi connectivity index (χ2v) is 7.51. The van der Waals surface area contributed by atoms with E-state index < -0.39 is 5.60 Å². The Labute approximate surface area is 176 Å². The Kier molecular flexibility index (Phi) is 9.24. The fourth-order valence-electron chi connectivity index (χ4n) is 4.35. The van der Waals surface area contributed by atoms with Gasteiger partial charge < -0.3 is 10.5 Å². The summed E-state index contributed by atoms with van der Waals surface area (Å²) in [5.41, 5.74) is 10.1. The zero-order valence-corrected chi connectivity index (χ0v) is 17.8. The van der Waals surface area contributed by atoms with Gasteiger partial charge in [0.15, 0.2) is 0 Å². The molecule has 1 aliphatic rings. The standard InChI is InChI=1S/C25H33NO.ClH/c1-2-27-25(22-16-8-4-9-17-22,23-18-10-5-11-19-23)24(26)20-12-15-21-13-6-3-7-14-21;/h4-5,8-11,15-19,24H,2-3,6-7,12-14,20,26H2,1H3;1H. The van der Waals surface area contributed by atoms with Gasteiger partial charge in [-0.2, -0.15) is 0 Å². The van der Waals surface area contributed by atoms with E-state index in [4.69, 9.17) is 10.5 Å². The fraction of sp³-hybridized carbons (Fsp3) is 0.440. The molecule has 2 aromatic carbocycles. The molecular weight excluding hydrogens is 366 g/mol. The first kappa shape index (κ1) is 22.7. The minimum atomic E-state index is -0.609. The van der Waals surface area contributed by atoms with Crippen LogP contribution in [0.1, 0.15) is 63.0 Å². The van der Waals surface area contributed by atoms with Crippen molar-refractivity contribution >= 4 is 12.4 Å². The third kappa shape index (κ3) is 5.26. The Balaban J connectivity index is 0.00000280. The lowest BCUT2D eigenvalue weighted by molar-refractivity contribution is -0.0323. The van der Waals surface area contributed by atoms with E-state index in [0.717, 1.165) is 24.0 Å². The minimum Gasteiger partial charge on any atom is -0.364 e. The molecule has 0 spiro atoms. The molecule has 2 nitrogen and oxygen atoms in total. The Bertz CT molecular complexity index is 666. The number of hydrogen-bond acceptors (Lipinski definition) is 2. The Morgan fingerprint density at radius 3 is 1.96 bits per heavy atom. The first-order valence-corrected chi connectivity index (χ1v) is 10.5. The smallest absolute Gasteiger partial charge is 0.133 e. The molecule has 3 heteroatoms. The van der Waals surface area contributed by atoms with Crippen molar-refractivity contribution < 1.29 is 4.74 Å². The van der Waals surface area contributed by atoms with Gasteiger partial charge in [-0.1, -0.05) is 78.7 Å². The summed E-state index contributed by atoms with van der Waals surface area (Å²) in [6, 6.07) is 20.8. The predicted octanol–water partition coefficient (Wildman–Crippen LogP) is 6.39. The Hall–Kier alpha value is -1.61. The van der Waals surface area contributed by atoms with Crippen LogP contribution in [0, 0.1) is 0 Å². The summed E-state index contributed by atoms with van der Waals surface area (Å²) in [6.07, 6.45) is 11.0. The highest BCUT2D eigenvalue weighted by Crippen LogP contribution is 2.38. The third-order valence-corrected chi connectivity index (χ3v) is 5.71. The Morgan fingerprint density at radius 2 is 1.46 bits per heavy atom. The number of allylic oxidation sites excluding steroid dienone is 2. The predicted molar refractivity (Wildman–Crippen MR) is 121 cm³/mol. The van der Waals surface area contributed by atoms with Crippen molar-refractivity contribution in [3.05, 3.63) is 83.4 Å². The van der Waals surface area contributed by atoms with Crippen molar-refractivity contribution in [3.63, 3.8) is 0 Å². The molecule has 1 atom stereocenters. The van der Waals surface area contributed by atoms with E-state index in [2.05, 4.69) is 61.5 Å². The molecule has 0 saturated heterocycles. The molecule has 1 saturated carbocycles. The van der Waals surface area contributed by atoms with Crippen LogP contribution in [0.25, 0.3) is 0 Å². The number of nitrogens with two attached hydrogens (primary N) is 1. The van der Waals surface area contributed by atoms with Crippen LogP contribution >= 0.6 is 12.4 Å². The van der Waals surface area contributed by atoms with Crippen LogP contribution in [0.2, 0.25) is 0 Å². The van der Waals surface area contributed by atoms with Crippen molar-refractivity contribution in [1.29, 1.82) is 0 Å². The van der Waals surface area contributed by atoms with Crippen LogP contribution < -0.4 is 5.73 Å². The average Bonchev–Trinajstić information content (AvgIpc) is 2.74. The molecule has 1 unspecified atom stereocenters. The van der Waals surface area contributed by atoms with E-state index in [-0.39, 0.29) is 18.4 Å². The maximum Gasteiger partial charge on any atom is 0.133 e. The maximum absolute atomic E-state index is 6.86. The maximum atomic E-state index is 6.86. The molecule has 2 aromatic rings. The monoisotopic (exact) mass is 399 g/mol. The number of ether oxygens (including phenoxy) is 1. The fourth-order valence-corrected chi connectivity index (χ4v) is 4.35. The van der Waals surface area contributed by atoms with Crippen molar-refractivity contribution in [2.24, 2.45) is 5.73 Å². The lowest BCUT2D eigenvalue weighted by Crippen LogP contribution is -2.48. The van der Waals surface area contributed by atoms with Crippen molar-refractivity contribution in [2.45, 2.75) is 63.5 Å². The molecule has 152 valence electrons. The van der Waals surface area contributed by atoms with E-state index >= 15 is 0 Å². The molecule has 28 heavy (non-hydrogen) atoms. The second-order valence-electron chi connectivity index (χ2n) is 7.51. The van der Waals surface area contributed by atoms with Crippen LogP contribution in [-0.2, 0) is 10.3 Å². The summed E-state index contributed by atoms with van der Waals surface area (Å²) in [4.78, 5) is 0. The van der Waals surface area contributed by atoms with Crippen LogP contribution in [0.5, 0.6) is 0 Å². The van der Waals surface area contributed by atoms with E-state index in [0.29, 0.717) is 6.61 Å². The summed E-state index contributed by atoms with van der Waals surface area (Å²) < 4.78 is 6.46. The highest BCUT2D eigenvalue weighted by molar-refractivity contribution is 5.85. The lowest BCUT2D eigenvalue weighted by atomic mass is 9.78. The van der Waals surface area contributed by atoms with Gasteiger partial charge in [-0.15, -0.1) is 12.4 Å². The average molecular weight is 400 g/mol. The van der Waals surface area contributed by atoms with Gasteiger partial charge in [0.25, 0.3) is 0 Å². The molecule has 3 rings (SSSR count). The van der Waals surface area contributed by atoms with Crippen molar-refractivity contribution in [3.8, 4) is 0 Å². The molecule has 0 bridgehead atoms. The SMILES string of the molecule is CCOC(c1ccccc1)(c1ccccc1)C(N)CCC=C1CCCCC1.Cl. The summed E-state index contributed by atoms with van der Waals surface area (Å²) in [5.74, 6) is 0. The van der Waals surface area contributed by atoms with Crippen LogP contribution in [0.4, 0.5) is 0 Å². The zero-order valence-electron chi connectivity index (χ0n) is 17.0. The molecule has 0 aromatic heterocycles. The van der Waals surface area contributed by atoms with Gasteiger partial charge in [0, 0.05) is 12.6 Å². The van der Waals surface area contributed by atoms with Crippen molar-refractivity contribution in [2.75, 3.05) is 6.61 Å². The first-order valence-electron chi connectivity index (χ1n) is 10.5. The highest BCUT2D eigenvalue weighted by Gasteiger charge is 2.40. The number of hydrogen-bond donors (Lipinski definition) is 1. The summed E-state index contributed by atoms with van der Waals surface area (Å²) in [5, 5.41) is 0. The van der Waals surface area contributed by atoms with E-state index in [1.807, 2.05) is 12.1 Å². The van der Waals surface area contributed by atoms with E-state index in [1.165, 1.54) is 32.1 Å². The zero-order chi connectivity index (χ0) is 19.0. The summed E-state index contributed by atoms with van der Waals surface area (Å²) in [6.45, 7) is 2.68. The molecular formula is C25H34ClNO. The molecule has 1 fully saturated rings. The number of benzene rings is 2. The number of halogens is 1. The summed E-state index contributed by atoms with van der Waals surface area (Å²) >= 11 is 0. The third-order valence-electron chi connectivity index (χ3n) is 5.71. The molecule has 0 heterocycles. The summed E-state index contributed by atoms with van der Waals surface area (Å²) in [7, 11) is 0. The molecule has 0 amide bonds. The van der Waals surface area contributed by atoms with Crippen LogP contribution in [-0.4, -0.2) is 12.6 Å². The first-order chi connectivity index (χ1) is 13.3. The highest BCUT2D eigenvalue weighted by atomic mass is 35.5. The van der Waals surface area contributed by atoms with Gasteiger partial charge in [0.2, 0.25) is 0 Å². The van der Waals surface area contributed by atoms with E-state index in [1.54, 1.807) is 5.57 Å². The molecule has 2 N–H and O–H groups in total. The minimum absolute atomic E-state index is 0. The normalized spacial score (nSPS) is 15.6. The quantitative estimate of drug-likeness (QED) is 0.522. The van der Waals surface area contributed by atoms with Gasteiger partial charge in [-0.3, -0.25) is 0 Å². The van der Waals surface area contributed by atoms with Crippen LogP contribution in [0.3, 0.4) is 0 Å². The van der Waals surface area contributed by atoms with Crippen molar-refractivity contribution in [1.82, 2.24) is 0 Å². The topological polar surface area (TPSA) is 35.2 Å². The van der Waals surface area contributed by atoms with E-state index in [9.17, 15) is 0 Å². The molecule has 1 aliphatic carbocycles. The van der Waals surface area contributed by atoms with Crippen LogP contribution in [0.15, 0.2) is 72.3 Å². The largest absolute Gasteiger partial charge is 0.364 e. The second kappa shape index (κ2) is 11.4. The Morgan fingerprint density at radius 1 is 0.929 bits per heavy atom. The van der Waals surface area contributed by atoms with Gasteiger partial charge >= 0.3 is 0 Å². The molecule has 0 aliphatic heterocycles. The van der Waals surface area contributed by atoms with Gasteiger partial charge in [0.05, 0.1) is 0 Å². The molecule has 0 radical (unpaired) electrons. The van der Waals surface area contributed by atoms with Gasteiger partial charge in [-0.25, -0.2) is 0 Å². The van der Waals surface area contributed by atoms with Gasteiger partial charge in [0.1, 0.15) is 5.60 Å². The lowest BCUT2D eigenvalue weighted by Gasteiger charge is -2.40.